The predicted molar refractivity (Wildman–Crippen MR) is 62.8 cm³/mol. The van der Waals surface area contributed by atoms with Crippen LogP contribution >= 0.6 is 11.3 Å². The van der Waals surface area contributed by atoms with E-state index in [0.29, 0.717) is 0 Å². The van der Waals surface area contributed by atoms with Gasteiger partial charge in [-0.1, -0.05) is 0 Å². The number of carbonyl (C=O) groups is 1. The number of rotatable bonds is 2. The van der Waals surface area contributed by atoms with Gasteiger partial charge in [-0.15, -0.1) is 11.3 Å². The second kappa shape index (κ2) is 3.86. The maximum Gasteiger partial charge on any atom is 0.308 e. The molecule has 1 aromatic rings. The van der Waals surface area contributed by atoms with E-state index in [1.165, 1.54) is 34.6 Å². The molecule has 2 N–H and O–H groups in total. The van der Waals surface area contributed by atoms with E-state index in [0.717, 1.165) is 13.0 Å². The van der Waals surface area contributed by atoms with Crippen LogP contribution in [0.15, 0.2) is 6.07 Å². The van der Waals surface area contributed by atoms with Crippen LogP contribution in [0.4, 0.5) is 0 Å². The third-order valence-electron chi connectivity index (χ3n) is 3.61. The van der Waals surface area contributed by atoms with Gasteiger partial charge in [0.1, 0.15) is 0 Å². The summed E-state index contributed by atoms with van der Waals surface area (Å²) in [5.41, 5.74) is 1.46. The first-order valence-corrected chi connectivity index (χ1v) is 6.65. The van der Waals surface area contributed by atoms with Gasteiger partial charge in [0.25, 0.3) is 0 Å². The van der Waals surface area contributed by atoms with E-state index in [9.17, 15) is 4.79 Å². The number of carboxylic acid groups (broad SMARTS) is 1. The number of hydrogen-bond donors (Lipinski definition) is 2. The Kier molecular flexibility index (Phi) is 2.48. The van der Waals surface area contributed by atoms with Gasteiger partial charge in [-0.2, -0.15) is 0 Å². The monoisotopic (exact) mass is 237 g/mol. The molecular weight excluding hydrogens is 222 g/mol. The average Bonchev–Trinajstić information content (AvgIpc) is 2.91. The lowest BCUT2D eigenvalue weighted by Crippen LogP contribution is -2.22. The van der Waals surface area contributed by atoms with Crippen LogP contribution in [0, 0.1) is 5.92 Å². The zero-order valence-electron chi connectivity index (χ0n) is 9.03. The highest BCUT2D eigenvalue weighted by Gasteiger charge is 2.35. The Morgan fingerprint density at radius 1 is 1.50 bits per heavy atom. The molecule has 4 heteroatoms. The quantitative estimate of drug-likeness (QED) is 0.827. The van der Waals surface area contributed by atoms with Gasteiger partial charge < -0.3 is 10.4 Å². The van der Waals surface area contributed by atoms with Crippen molar-refractivity contribution in [3.05, 3.63) is 21.4 Å². The zero-order chi connectivity index (χ0) is 11.1. The molecule has 2 aliphatic rings. The van der Waals surface area contributed by atoms with Gasteiger partial charge in [0.2, 0.25) is 0 Å². The van der Waals surface area contributed by atoms with E-state index in [1.54, 1.807) is 0 Å². The van der Waals surface area contributed by atoms with Crippen LogP contribution in [0.25, 0.3) is 0 Å². The summed E-state index contributed by atoms with van der Waals surface area (Å²) in [6.45, 7) is 0.824. The number of fused-ring (bicyclic) bond motifs is 1. The summed E-state index contributed by atoms with van der Waals surface area (Å²) in [6, 6.07) is 2.28. The van der Waals surface area contributed by atoms with E-state index in [1.807, 2.05) is 11.3 Å². The van der Waals surface area contributed by atoms with Crippen LogP contribution in [0.2, 0.25) is 0 Å². The molecule has 0 spiro atoms. The summed E-state index contributed by atoms with van der Waals surface area (Å²) >= 11 is 1.81. The number of aliphatic carboxylic acids is 1. The number of nitrogens with one attached hydrogen (secondary N) is 1. The fourth-order valence-corrected chi connectivity index (χ4v) is 4.17. The Labute approximate surface area is 98.5 Å². The first kappa shape index (κ1) is 10.3. The molecule has 3 rings (SSSR count). The Morgan fingerprint density at radius 2 is 2.38 bits per heavy atom. The fourth-order valence-electron chi connectivity index (χ4n) is 2.77. The normalized spacial score (nSPS) is 28.2. The maximum atomic E-state index is 11.1. The Morgan fingerprint density at radius 3 is 3.12 bits per heavy atom. The molecule has 86 valence electrons. The van der Waals surface area contributed by atoms with Crippen molar-refractivity contribution in [3.63, 3.8) is 0 Å². The van der Waals surface area contributed by atoms with Crippen LogP contribution in [-0.2, 0) is 17.6 Å². The van der Waals surface area contributed by atoms with Crippen molar-refractivity contribution in [3.8, 4) is 0 Å². The minimum absolute atomic E-state index is 0.0492. The summed E-state index contributed by atoms with van der Waals surface area (Å²) in [5.74, 6) is -0.901. The number of aryl methyl sites for hydroxylation is 2. The van der Waals surface area contributed by atoms with E-state index in [4.69, 9.17) is 5.11 Å². The van der Waals surface area contributed by atoms with Gasteiger partial charge in [0.05, 0.1) is 12.0 Å². The van der Waals surface area contributed by atoms with Crippen LogP contribution in [0.3, 0.4) is 0 Å². The molecule has 0 aromatic carbocycles. The highest BCUT2D eigenvalue weighted by Crippen LogP contribution is 2.38. The molecule has 16 heavy (non-hydrogen) atoms. The first-order chi connectivity index (χ1) is 7.75. The summed E-state index contributed by atoms with van der Waals surface area (Å²) in [4.78, 5) is 13.8. The molecule has 2 atom stereocenters. The maximum absolute atomic E-state index is 11.1. The topological polar surface area (TPSA) is 49.3 Å². The van der Waals surface area contributed by atoms with E-state index in [-0.39, 0.29) is 12.0 Å². The predicted octanol–water partition coefficient (Wildman–Crippen LogP) is 1.97. The van der Waals surface area contributed by atoms with Gasteiger partial charge in [0.15, 0.2) is 0 Å². The minimum atomic E-state index is -0.663. The van der Waals surface area contributed by atoms with Gasteiger partial charge in [0, 0.05) is 9.75 Å². The third-order valence-corrected chi connectivity index (χ3v) is 4.93. The van der Waals surface area contributed by atoms with Crippen molar-refractivity contribution < 1.29 is 9.90 Å². The van der Waals surface area contributed by atoms with Crippen molar-refractivity contribution >= 4 is 17.3 Å². The molecule has 0 amide bonds. The summed E-state index contributed by atoms with van der Waals surface area (Å²) in [5, 5.41) is 12.5. The van der Waals surface area contributed by atoms with Crippen molar-refractivity contribution in [1.29, 1.82) is 0 Å². The molecule has 3 nitrogen and oxygen atoms in total. The molecule has 0 bridgehead atoms. The van der Waals surface area contributed by atoms with Crippen molar-refractivity contribution in [2.75, 3.05) is 6.54 Å². The standard InChI is InChI=1S/C12H15NO2S/c14-12(15)8-4-5-13-11(8)10-6-7-2-1-3-9(7)16-10/h6,8,11,13H,1-5H2,(H,14,15). The summed E-state index contributed by atoms with van der Waals surface area (Å²) in [6.07, 6.45) is 4.38. The van der Waals surface area contributed by atoms with Gasteiger partial charge >= 0.3 is 5.97 Å². The van der Waals surface area contributed by atoms with Crippen LogP contribution < -0.4 is 5.32 Å². The number of carboxylic acids is 1. The molecule has 1 aliphatic carbocycles. The third kappa shape index (κ3) is 1.57. The van der Waals surface area contributed by atoms with E-state index in [2.05, 4.69) is 11.4 Å². The molecule has 0 radical (unpaired) electrons. The van der Waals surface area contributed by atoms with Gasteiger partial charge in [-0.3, -0.25) is 4.79 Å². The molecular formula is C12H15NO2S. The van der Waals surface area contributed by atoms with Crippen molar-refractivity contribution in [2.45, 2.75) is 31.7 Å². The number of thiophene rings is 1. The minimum Gasteiger partial charge on any atom is -0.481 e. The fraction of sp³-hybridized carbons (Fsp3) is 0.583. The largest absolute Gasteiger partial charge is 0.481 e. The lowest BCUT2D eigenvalue weighted by atomic mass is 9.99. The molecule has 2 unspecified atom stereocenters. The summed E-state index contributed by atoms with van der Waals surface area (Å²) in [7, 11) is 0. The van der Waals surface area contributed by atoms with Gasteiger partial charge in [-0.05, 0) is 43.9 Å². The second-order valence-electron chi connectivity index (χ2n) is 4.62. The lowest BCUT2D eigenvalue weighted by Gasteiger charge is -2.13. The van der Waals surface area contributed by atoms with E-state index >= 15 is 0 Å². The molecule has 0 saturated carbocycles. The Balaban J connectivity index is 1.88. The average molecular weight is 237 g/mol. The second-order valence-corrected chi connectivity index (χ2v) is 5.78. The molecule has 1 saturated heterocycles. The summed E-state index contributed by atoms with van der Waals surface area (Å²) < 4.78 is 0. The number of hydrogen-bond acceptors (Lipinski definition) is 3. The first-order valence-electron chi connectivity index (χ1n) is 5.83. The van der Waals surface area contributed by atoms with E-state index < -0.39 is 5.97 Å². The highest BCUT2D eigenvalue weighted by atomic mass is 32.1. The van der Waals surface area contributed by atoms with Crippen molar-refractivity contribution in [2.24, 2.45) is 5.92 Å². The van der Waals surface area contributed by atoms with Crippen LogP contribution in [0.1, 0.15) is 34.2 Å². The lowest BCUT2D eigenvalue weighted by molar-refractivity contribution is -0.142. The molecule has 1 aliphatic heterocycles. The molecule has 2 heterocycles. The Bertz CT molecular complexity index is 405. The SMILES string of the molecule is O=C(O)C1CCNC1c1cc2c(s1)CCC2. The molecule has 1 fully saturated rings. The zero-order valence-corrected chi connectivity index (χ0v) is 9.85. The Hall–Kier alpha value is -0.870. The van der Waals surface area contributed by atoms with Gasteiger partial charge in [-0.25, -0.2) is 0 Å². The molecule has 1 aromatic heterocycles. The van der Waals surface area contributed by atoms with Crippen LogP contribution in [-0.4, -0.2) is 17.6 Å². The highest BCUT2D eigenvalue weighted by molar-refractivity contribution is 7.12. The van der Waals surface area contributed by atoms with Crippen LogP contribution in [0.5, 0.6) is 0 Å². The smallest absolute Gasteiger partial charge is 0.308 e. The van der Waals surface area contributed by atoms with Crippen molar-refractivity contribution in [1.82, 2.24) is 5.32 Å².